The predicted octanol–water partition coefficient (Wildman–Crippen LogP) is 3.13. The van der Waals surface area contributed by atoms with Gasteiger partial charge in [-0.1, -0.05) is 19.3 Å². The monoisotopic (exact) mass is 423 g/mol. The molecule has 0 atom stereocenters. The van der Waals surface area contributed by atoms with Gasteiger partial charge < -0.3 is 19.3 Å². The van der Waals surface area contributed by atoms with Crippen molar-refractivity contribution >= 4 is 28.5 Å². The second-order valence-electron chi connectivity index (χ2n) is 9.68. The van der Waals surface area contributed by atoms with Crippen molar-refractivity contribution in [2.24, 2.45) is 7.05 Å². The van der Waals surface area contributed by atoms with Gasteiger partial charge in [0, 0.05) is 40.3 Å². The molecule has 5 rings (SSSR count). The number of benzene rings is 1. The Hall–Kier alpha value is -2.57. The fourth-order valence-electron chi connectivity index (χ4n) is 5.26. The van der Waals surface area contributed by atoms with Gasteiger partial charge in [-0.15, -0.1) is 0 Å². The van der Waals surface area contributed by atoms with Gasteiger partial charge in [0.1, 0.15) is 12.1 Å². The highest BCUT2D eigenvalue weighted by molar-refractivity contribution is 6.00. The molecule has 1 aromatic carbocycles. The van der Waals surface area contributed by atoms with E-state index in [2.05, 4.69) is 17.0 Å². The average molecular weight is 424 g/mol. The summed E-state index contributed by atoms with van der Waals surface area (Å²) < 4.78 is 1.91. The van der Waals surface area contributed by atoms with Gasteiger partial charge in [0.15, 0.2) is 5.82 Å². The molecule has 2 aliphatic carbocycles. The second-order valence-corrected chi connectivity index (χ2v) is 9.68. The summed E-state index contributed by atoms with van der Waals surface area (Å²) in [4.78, 5) is 36.8. The van der Waals surface area contributed by atoms with Gasteiger partial charge in [-0.05, 0) is 49.3 Å². The lowest BCUT2D eigenvalue weighted by Crippen LogP contribution is -2.56. The summed E-state index contributed by atoms with van der Waals surface area (Å²) in [6, 6.07) is 4.77. The summed E-state index contributed by atoms with van der Waals surface area (Å²) in [6.07, 6.45) is 8.34. The number of aromatic nitrogens is 2. The molecule has 2 aromatic rings. The van der Waals surface area contributed by atoms with E-state index in [-0.39, 0.29) is 18.4 Å². The molecule has 3 aliphatic rings. The first-order chi connectivity index (χ1) is 14.9. The van der Waals surface area contributed by atoms with E-state index in [1.807, 2.05) is 30.6 Å². The van der Waals surface area contributed by atoms with Crippen LogP contribution in [0.2, 0.25) is 0 Å². The molecule has 2 saturated carbocycles. The number of hydrogen-bond donors (Lipinski definition) is 0. The van der Waals surface area contributed by atoms with Gasteiger partial charge in [0.25, 0.3) is 5.91 Å². The van der Waals surface area contributed by atoms with E-state index < -0.39 is 0 Å². The lowest BCUT2D eigenvalue weighted by Gasteiger charge is -2.40. The van der Waals surface area contributed by atoms with E-state index in [0.717, 1.165) is 29.6 Å². The van der Waals surface area contributed by atoms with Crippen LogP contribution in [0, 0.1) is 0 Å². The Bertz CT molecular complexity index is 1020. The Morgan fingerprint density at radius 3 is 2.45 bits per heavy atom. The van der Waals surface area contributed by atoms with Gasteiger partial charge >= 0.3 is 0 Å². The fourth-order valence-corrected chi connectivity index (χ4v) is 5.26. The molecule has 3 fully saturated rings. The van der Waals surface area contributed by atoms with Crippen molar-refractivity contribution in [1.82, 2.24) is 19.4 Å². The molecule has 7 heteroatoms. The Morgan fingerprint density at radius 1 is 1.06 bits per heavy atom. The third-order valence-corrected chi connectivity index (χ3v) is 7.27. The van der Waals surface area contributed by atoms with Gasteiger partial charge in [-0.2, -0.15) is 0 Å². The predicted molar refractivity (Wildman–Crippen MR) is 122 cm³/mol. The van der Waals surface area contributed by atoms with Crippen LogP contribution in [0.15, 0.2) is 12.1 Å². The maximum Gasteiger partial charge on any atom is 0.290 e. The Morgan fingerprint density at radius 2 is 1.81 bits per heavy atom. The number of fused-ring (bicyclic) bond motifs is 1. The highest BCUT2D eigenvalue weighted by Crippen LogP contribution is 2.43. The zero-order chi connectivity index (χ0) is 21.7. The smallest absolute Gasteiger partial charge is 0.290 e. The number of piperazine rings is 1. The minimum Gasteiger partial charge on any atom is -0.376 e. The first-order valence-corrected chi connectivity index (χ1v) is 11.7. The van der Waals surface area contributed by atoms with Crippen LogP contribution in [-0.4, -0.2) is 70.9 Å². The molecule has 166 valence electrons. The summed E-state index contributed by atoms with van der Waals surface area (Å²) in [5.74, 6) is 0.982. The minimum absolute atomic E-state index is 0.0789. The Balaban J connectivity index is 1.40. The zero-order valence-electron chi connectivity index (χ0n) is 18.9. The number of carbonyl (C=O) groups excluding carboxylic acids is 2. The first-order valence-electron chi connectivity index (χ1n) is 11.7. The van der Waals surface area contributed by atoms with E-state index >= 15 is 0 Å². The van der Waals surface area contributed by atoms with Gasteiger partial charge in [0.2, 0.25) is 5.91 Å². The molecular formula is C24H33N5O2. The van der Waals surface area contributed by atoms with E-state index in [0.29, 0.717) is 30.9 Å². The van der Waals surface area contributed by atoms with Crippen molar-refractivity contribution in [3.63, 3.8) is 0 Å². The number of aryl methyl sites for hydroxylation is 1. The van der Waals surface area contributed by atoms with Crippen LogP contribution in [-0.2, 0) is 11.8 Å². The quantitative estimate of drug-likeness (QED) is 0.758. The Kier molecular flexibility index (Phi) is 5.15. The maximum atomic E-state index is 13.4. The number of nitrogens with zero attached hydrogens (tertiary/aromatic N) is 5. The van der Waals surface area contributed by atoms with E-state index in [9.17, 15) is 9.59 Å². The van der Waals surface area contributed by atoms with E-state index in [1.165, 1.54) is 37.7 Å². The maximum absolute atomic E-state index is 13.4. The first kappa shape index (κ1) is 20.3. The third kappa shape index (κ3) is 3.68. The molecule has 0 spiro atoms. The van der Waals surface area contributed by atoms with Crippen molar-refractivity contribution in [2.75, 3.05) is 38.6 Å². The summed E-state index contributed by atoms with van der Waals surface area (Å²) >= 11 is 0. The summed E-state index contributed by atoms with van der Waals surface area (Å²) in [5, 5.41) is 0. The van der Waals surface area contributed by atoms with Crippen molar-refractivity contribution < 1.29 is 9.59 Å². The van der Waals surface area contributed by atoms with Gasteiger partial charge in [0.05, 0.1) is 11.2 Å². The molecule has 1 saturated heterocycles. The lowest BCUT2D eigenvalue weighted by atomic mass is 9.93. The molecule has 0 bridgehead atoms. The summed E-state index contributed by atoms with van der Waals surface area (Å²) in [7, 11) is 5.95. The van der Waals surface area contributed by atoms with Crippen LogP contribution in [0.5, 0.6) is 0 Å². The minimum atomic E-state index is -0.145. The summed E-state index contributed by atoms with van der Waals surface area (Å²) in [6.45, 7) is 1.37. The van der Waals surface area contributed by atoms with Crippen LogP contribution >= 0.6 is 0 Å². The molecule has 0 N–H and O–H groups in total. The molecule has 0 radical (unpaired) electrons. The molecule has 2 amide bonds. The number of anilines is 1. The molecule has 1 aliphatic heterocycles. The fraction of sp³-hybridized carbons (Fsp3) is 0.625. The molecule has 31 heavy (non-hydrogen) atoms. The third-order valence-electron chi connectivity index (χ3n) is 7.27. The highest BCUT2D eigenvalue weighted by Gasteiger charge is 2.34. The van der Waals surface area contributed by atoms with Gasteiger partial charge in [-0.3, -0.25) is 9.59 Å². The van der Waals surface area contributed by atoms with E-state index in [1.54, 1.807) is 4.90 Å². The summed E-state index contributed by atoms with van der Waals surface area (Å²) in [5.41, 5.74) is 4.22. The van der Waals surface area contributed by atoms with Crippen LogP contribution in [0.1, 0.15) is 67.0 Å². The Labute approximate surface area is 184 Å². The van der Waals surface area contributed by atoms with Crippen molar-refractivity contribution in [2.45, 2.75) is 56.9 Å². The largest absolute Gasteiger partial charge is 0.376 e. The number of amides is 2. The van der Waals surface area contributed by atoms with Crippen molar-refractivity contribution in [1.29, 1.82) is 0 Å². The number of carbonyl (C=O) groups is 2. The van der Waals surface area contributed by atoms with E-state index in [4.69, 9.17) is 4.98 Å². The van der Waals surface area contributed by atoms with Crippen molar-refractivity contribution in [3.8, 4) is 0 Å². The normalized spacial score (nSPS) is 20.5. The molecule has 1 aromatic heterocycles. The van der Waals surface area contributed by atoms with Crippen LogP contribution in [0.4, 0.5) is 5.69 Å². The number of hydrogen-bond acceptors (Lipinski definition) is 4. The average Bonchev–Trinajstić information content (AvgIpc) is 3.57. The van der Waals surface area contributed by atoms with Crippen molar-refractivity contribution in [3.05, 3.63) is 23.5 Å². The van der Waals surface area contributed by atoms with Gasteiger partial charge in [-0.25, -0.2) is 4.98 Å². The molecule has 7 nitrogen and oxygen atoms in total. The molecule has 0 unspecified atom stereocenters. The molecular weight excluding hydrogens is 390 g/mol. The SMILES string of the molecule is CN(C)c1cc(C2CC2)cc2c1nc(C(=O)N1CCN(C3CCCCC3)C(=O)C1)n2C. The highest BCUT2D eigenvalue weighted by atomic mass is 16.2. The van der Waals surface area contributed by atoms with Crippen LogP contribution < -0.4 is 4.90 Å². The van der Waals surface area contributed by atoms with Crippen LogP contribution in [0.3, 0.4) is 0 Å². The standard InChI is InChI=1S/C24H33N5O2/c1-26(2)19-13-17(16-9-10-16)14-20-22(19)25-23(27(20)3)24(31)28-11-12-29(21(30)15-28)18-7-5-4-6-8-18/h13-14,16,18H,4-12,15H2,1-3H3. The number of rotatable bonds is 4. The molecule has 2 heterocycles. The second kappa shape index (κ2) is 7.84. The number of imidazole rings is 1. The topological polar surface area (TPSA) is 61.7 Å². The lowest BCUT2D eigenvalue weighted by molar-refractivity contribution is -0.138. The zero-order valence-corrected chi connectivity index (χ0v) is 18.9. The van der Waals surface area contributed by atoms with Crippen LogP contribution in [0.25, 0.3) is 11.0 Å².